The SMILES string of the molecule is CC(=O)c1ccc([C@@H]2CC[C@](N)(CO)C2)cc1.Cl. The second-order valence-electron chi connectivity index (χ2n) is 5.14. The van der Waals surface area contributed by atoms with Crippen LogP contribution in [0.3, 0.4) is 0 Å². The lowest BCUT2D eigenvalue weighted by Gasteiger charge is -2.20. The fraction of sp³-hybridized carbons (Fsp3) is 0.500. The zero-order valence-corrected chi connectivity index (χ0v) is 11.4. The maximum absolute atomic E-state index is 11.2. The van der Waals surface area contributed by atoms with Gasteiger partial charge < -0.3 is 10.8 Å². The Morgan fingerprint density at radius 3 is 2.50 bits per heavy atom. The Morgan fingerprint density at radius 2 is 2.06 bits per heavy atom. The summed E-state index contributed by atoms with van der Waals surface area (Å²) in [5, 5.41) is 9.24. The molecule has 0 spiro atoms. The molecule has 0 heterocycles. The summed E-state index contributed by atoms with van der Waals surface area (Å²) >= 11 is 0. The summed E-state index contributed by atoms with van der Waals surface area (Å²) in [5.41, 5.74) is 7.61. The van der Waals surface area contributed by atoms with E-state index in [-0.39, 0.29) is 24.8 Å². The number of hydrogen-bond acceptors (Lipinski definition) is 3. The Balaban J connectivity index is 0.00000162. The van der Waals surface area contributed by atoms with Gasteiger partial charge in [0.15, 0.2) is 5.78 Å². The largest absolute Gasteiger partial charge is 0.394 e. The number of carbonyl (C=O) groups is 1. The van der Waals surface area contributed by atoms with Crippen molar-refractivity contribution in [3.05, 3.63) is 35.4 Å². The van der Waals surface area contributed by atoms with Gasteiger partial charge in [-0.15, -0.1) is 12.4 Å². The monoisotopic (exact) mass is 269 g/mol. The molecule has 0 saturated heterocycles. The van der Waals surface area contributed by atoms with Crippen molar-refractivity contribution in [1.82, 2.24) is 0 Å². The molecular formula is C14H20ClNO2. The van der Waals surface area contributed by atoms with E-state index in [0.717, 1.165) is 24.8 Å². The Kier molecular flexibility index (Phi) is 4.91. The smallest absolute Gasteiger partial charge is 0.159 e. The van der Waals surface area contributed by atoms with E-state index in [1.54, 1.807) is 6.92 Å². The molecule has 2 atom stereocenters. The summed E-state index contributed by atoms with van der Waals surface area (Å²) in [5.74, 6) is 0.500. The minimum atomic E-state index is -0.413. The van der Waals surface area contributed by atoms with Crippen molar-refractivity contribution in [2.24, 2.45) is 5.73 Å². The third kappa shape index (κ3) is 3.10. The molecule has 1 fully saturated rings. The van der Waals surface area contributed by atoms with Crippen LogP contribution in [0.4, 0.5) is 0 Å². The first-order valence-corrected chi connectivity index (χ1v) is 6.05. The fourth-order valence-corrected chi connectivity index (χ4v) is 2.57. The maximum atomic E-state index is 11.2. The summed E-state index contributed by atoms with van der Waals surface area (Å²) in [6, 6.07) is 7.75. The molecule has 4 heteroatoms. The van der Waals surface area contributed by atoms with Gasteiger partial charge in [0.05, 0.1) is 6.61 Å². The Bertz CT molecular complexity index is 418. The van der Waals surface area contributed by atoms with E-state index >= 15 is 0 Å². The highest BCUT2D eigenvalue weighted by molar-refractivity contribution is 5.94. The number of ketones is 1. The molecule has 1 aromatic rings. The van der Waals surface area contributed by atoms with Gasteiger partial charge in [-0.05, 0) is 37.7 Å². The van der Waals surface area contributed by atoms with Crippen molar-refractivity contribution in [3.63, 3.8) is 0 Å². The van der Waals surface area contributed by atoms with Crippen molar-refractivity contribution < 1.29 is 9.90 Å². The summed E-state index contributed by atoms with van der Waals surface area (Å²) in [6.07, 6.45) is 2.70. The summed E-state index contributed by atoms with van der Waals surface area (Å²) in [7, 11) is 0. The molecule has 3 nitrogen and oxygen atoms in total. The number of Topliss-reactive ketones (excluding diaryl/α,β-unsaturated/α-hetero) is 1. The van der Waals surface area contributed by atoms with Gasteiger partial charge in [0.2, 0.25) is 0 Å². The Hall–Kier alpha value is -0.900. The standard InChI is InChI=1S/C14H19NO2.ClH/c1-10(17)11-2-4-12(5-3-11)13-6-7-14(15,8-13)9-16;/h2-5,13,16H,6-9,15H2,1H3;1H/t13-,14-;/m1./s1. The second-order valence-corrected chi connectivity index (χ2v) is 5.14. The lowest BCUT2D eigenvalue weighted by molar-refractivity contribution is 0.101. The van der Waals surface area contributed by atoms with Crippen LogP contribution in [0, 0.1) is 0 Å². The van der Waals surface area contributed by atoms with Crippen LogP contribution in [0.15, 0.2) is 24.3 Å². The van der Waals surface area contributed by atoms with Crippen LogP contribution in [0.2, 0.25) is 0 Å². The van der Waals surface area contributed by atoms with E-state index in [1.165, 1.54) is 5.56 Å². The van der Waals surface area contributed by atoms with Crippen LogP contribution < -0.4 is 5.73 Å². The van der Waals surface area contributed by atoms with E-state index in [1.807, 2.05) is 24.3 Å². The molecule has 1 saturated carbocycles. The first kappa shape index (κ1) is 15.2. The zero-order valence-electron chi connectivity index (χ0n) is 10.6. The third-order valence-corrected chi connectivity index (χ3v) is 3.75. The van der Waals surface area contributed by atoms with E-state index < -0.39 is 5.54 Å². The van der Waals surface area contributed by atoms with Gasteiger partial charge in [-0.3, -0.25) is 4.79 Å². The molecule has 0 radical (unpaired) electrons. The zero-order chi connectivity index (χ0) is 12.5. The topological polar surface area (TPSA) is 63.3 Å². The normalized spacial score (nSPS) is 26.7. The molecule has 18 heavy (non-hydrogen) atoms. The molecule has 0 aromatic heterocycles. The Labute approximate surface area is 114 Å². The van der Waals surface area contributed by atoms with Crippen molar-refractivity contribution >= 4 is 18.2 Å². The first-order chi connectivity index (χ1) is 8.04. The van der Waals surface area contributed by atoms with Crippen molar-refractivity contribution in [2.75, 3.05) is 6.61 Å². The highest BCUT2D eigenvalue weighted by Gasteiger charge is 2.35. The lowest BCUT2D eigenvalue weighted by Crippen LogP contribution is -2.40. The molecule has 0 aliphatic heterocycles. The van der Waals surface area contributed by atoms with Crippen LogP contribution in [0.25, 0.3) is 0 Å². The first-order valence-electron chi connectivity index (χ1n) is 6.05. The van der Waals surface area contributed by atoms with Gasteiger partial charge in [0.1, 0.15) is 0 Å². The summed E-state index contributed by atoms with van der Waals surface area (Å²) in [6.45, 7) is 1.62. The molecule has 1 aliphatic carbocycles. The quantitative estimate of drug-likeness (QED) is 0.828. The minimum Gasteiger partial charge on any atom is -0.394 e. The number of halogens is 1. The number of aliphatic hydroxyl groups is 1. The fourth-order valence-electron chi connectivity index (χ4n) is 2.57. The number of carbonyl (C=O) groups excluding carboxylic acids is 1. The second kappa shape index (κ2) is 5.83. The predicted octanol–water partition coefficient (Wildman–Crippen LogP) is 2.27. The van der Waals surface area contributed by atoms with Gasteiger partial charge in [0.25, 0.3) is 0 Å². The molecule has 0 unspecified atom stereocenters. The molecule has 3 N–H and O–H groups in total. The molecular weight excluding hydrogens is 250 g/mol. The van der Waals surface area contributed by atoms with Gasteiger partial charge in [-0.1, -0.05) is 24.3 Å². The van der Waals surface area contributed by atoms with Gasteiger partial charge in [-0.2, -0.15) is 0 Å². The van der Waals surface area contributed by atoms with Gasteiger partial charge in [-0.25, -0.2) is 0 Å². The van der Waals surface area contributed by atoms with Crippen LogP contribution in [0.1, 0.15) is 48.0 Å². The van der Waals surface area contributed by atoms with Crippen molar-refractivity contribution in [1.29, 1.82) is 0 Å². The molecule has 0 amide bonds. The van der Waals surface area contributed by atoms with E-state index in [0.29, 0.717) is 5.92 Å². The summed E-state index contributed by atoms with van der Waals surface area (Å²) < 4.78 is 0. The van der Waals surface area contributed by atoms with Crippen LogP contribution in [-0.4, -0.2) is 23.0 Å². The maximum Gasteiger partial charge on any atom is 0.159 e. The minimum absolute atomic E-state index is 0. The lowest BCUT2D eigenvalue weighted by atomic mass is 9.93. The molecule has 1 aliphatic rings. The Morgan fingerprint density at radius 1 is 1.44 bits per heavy atom. The number of nitrogens with two attached hydrogens (primary N) is 1. The van der Waals surface area contributed by atoms with Crippen LogP contribution in [-0.2, 0) is 0 Å². The average molecular weight is 270 g/mol. The highest BCUT2D eigenvalue weighted by atomic mass is 35.5. The number of rotatable bonds is 3. The molecule has 100 valence electrons. The number of benzene rings is 1. The number of hydrogen-bond donors (Lipinski definition) is 2. The summed E-state index contributed by atoms with van der Waals surface area (Å²) in [4.78, 5) is 11.2. The predicted molar refractivity (Wildman–Crippen MR) is 74.3 cm³/mol. The molecule has 2 rings (SSSR count). The van der Waals surface area contributed by atoms with Crippen LogP contribution in [0.5, 0.6) is 0 Å². The van der Waals surface area contributed by atoms with Crippen molar-refractivity contribution in [2.45, 2.75) is 37.6 Å². The van der Waals surface area contributed by atoms with E-state index in [2.05, 4.69) is 0 Å². The van der Waals surface area contributed by atoms with Gasteiger partial charge >= 0.3 is 0 Å². The van der Waals surface area contributed by atoms with Crippen molar-refractivity contribution in [3.8, 4) is 0 Å². The highest BCUT2D eigenvalue weighted by Crippen LogP contribution is 2.39. The van der Waals surface area contributed by atoms with E-state index in [9.17, 15) is 9.90 Å². The number of aliphatic hydroxyl groups excluding tert-OH is 1. The molecule has 0 bridgehead atoms. The van der Waals surface area contributed by atoms with E-state index in [4.69, 9.17) is 5.73 Å². The van der Waals surface area contributed by atoms with Crippen LogP contribution >= 0.6 is 12.4 Å². The van der Waals surface area contributed by atoms with Gasteiger partial charge in [0, 0.05) is 11.1 Å². The molecule has 1 aromatic carbocycles. The average Bonchev–Trinajstić information content (AvgIpc) is 2.73. The third-order valence-electron chi connectivity index (χ3n) is 3.75.